The molecule has 7 nitrogen and oxygen atoms in total. The van der Waals surface area contributed by atoms with E-state index >= 15 is 0 Å². The monoisotopic (exact) mass is 295 g/mol. The molecule has 0 amide bonds. The molecule has 1 heterocycles. The van der Waals surface area contributed by atoms with Gasteiger partial charge in [0, 0.05) is 11.5 Å². The van der Waals surface area contributed by atoms with E-state index in [2.05, 4.69) is 10.1 Å². The molecule has 0 radical (unpaired) electrons. The normalized spacial score (nSPS) is 26.8. The topological polar surface area (TPSA) is 113 Å². The van der Waals surface area contributed by atoms with Gasteiger partial charge in [-0.15, -0.1) is 11.8 Å². The third-order valence-electron chi connectivity index (χ3n) is 2.20. The van der Waals surface area contributed by atoms with Gasteiger partial charge in [-0.3, -0.25) is 10.1 Å². The van der Waals surface area contributed by atoms with Gasteiger partial charge in [0.25, 0.3) is 0 Å². The van der Waals surface area contributed by atoms with E-state index in [0.29, 0.717) is 0 Å². The molecule has 102 valence electrons. The average molecular weight is 295 g/mol. The highest BCUT2D eigenvalue weighted by Crippen LogP contribution is 2.34. The first kappa shape index (κ1) is 15.1. The van der Waals surface area contributed by atoms with Crippen molar-refractivity contribution in [1.29, 1.82) is 0 Å². The van der Waals surface area contributed by atoms with Crippen LogP contribution in [0.2, 0.25) is 0 Å². The van der Waals surface area contributed by atoms with Crippen LogP contribution < -0.4 is 5.32 Å². The second kappa shape index (κ2) is 6.30. The first-order valence-corrected chi connectivity index (χ1v) is 7.06. The van der Waals surface area contributed by atoms with Crippen LogP contribution in [0, 0.1) is 0 Å². The summed E-state index contributed by atoms with van der Waals surface area (Å²) in [5, 5.41) is 20.0. The predicted molar refractivity (Wildman–Crippen MR) is 66.9 cm³/mol. The first-order chi connectivity index (χ1) is 8.41. The third kappa shape index (κ3) is 3.53. The maximum Gasteiger partial charge on any atom is 0.367 e. The van der Waals surface area contributed by atoms with Crippen molar-refractivity contribution in [2.24, 2.45) is 0 Å². The highest BCUT2D eigenvalue weighted by Gasteiger charge is 2.48. The maximum atomic E-state index is 11.2. The van der Waals surface area contributed by atoms with Gasteiger partial charge in [0.2, 0.25) is 0 Å². The molecule has 0 spiro atoms. The van der Waals surface area contributed by atoms with Crippen LogP contribution in [-0.4, -0.2) is 56.5 Å². The zero-order chi connectivity index (χ0) is 13.8. The highest BCUT2D eigenvalue weighted by atomic mass is 32.2. The summed E-state index contributed by atoms with van der Waals surface area (Å²) in [5.41, 5.74) is 0. The van der Waals surface area contributed by atoms with E-state index < -0.39 is 28.2 Å². The van der Waals surface area contributed by atoms with E-state index in [1.807, 2.05) is 0 Å². The molecule has 1 rings (SSSR count). The summed E-state index contributed by atoms with van der Waals surface area (Å²) in [6, 6.07) is -0.922. The zero-order valence-electron chi connectivity index (χ0n) is 9.54. The van der Waals surface area contributed by atoms with Crippen molar-refractivity contribution in [1.82, 2.24) is 5.32 Å². The molecular weight excluding hydrogens is 282 g/mol. The standard InChI is InChI=1S/C9H13NO6S2/c1-2-16-8(15)17-4-9(7(13)14)10-5(3-18-9)6(11)12/h5,10H,2-4H2,1H3,(H,11,12)(H,13,14). The summed E-state index contributed by atoms with van der Waals surface area (Å²) in [7, 11) is 0. The lowest BCUT2D eigenvalue weighted by molar-refractivity contribution is -0.141. The van der Waals surface area contributed by atoms with Gasteiger partial charge in [-0.25, -0.2) is 9.59 Å². The molecule has 0 aromatic rings. The van der Waals surface area contributed by atoms with Crippen molar-refractivity contribution in [3.8, 4) is 0 Å². The van der Waals surface area contributed by atoms with Gasteiger partial charge in [-0.1, -0.05) is 0 Å². The summed E-state index contributed by atoms with van der Waals surface area (Å²) >= 11 is 1.70. The fourth-order valence-electron chi connectivity index (χ4n) is 1.31. The van der Waals surface area contributed by atoms with Gasteiger partial charge in [0.1, 0.15) is 6.04 Å². The van der Waals surface area contributed by atoms with Gasteiger partial charge in [-0.2, -0.15) is 0 Å². The number of hydrogen-bond donors (Lipinski definition) is 3. The van der Waals surface area contributed by atoms with Crippen LogP contribution in [-0.2, 0) is 14.3 Å². The Kier molecular flexibility index (Phi) is 5.29. The number of carboxylic acids is 2. The van der Waals surface area contributed by atoms with Crippen LogP contribution >= 0.6 is 23.5 Å². The smallest absolute Gasteiger partial charge is 0.367 e. The van der Waals surface area contributed by atoms with Crippen molar-refractivity contribution in [2.75, 3.05) is 18.1 Å². The lowest BCUT2D eigenvalue weighted by atomic mass is 10.2. The number of rotatable bonds is 5. The molecule has 3 N–H and O–H groups in total. The third-order valence-corrected chi connectivity index (χ3v) is 4.75. The van der Waals surface area contributed by atoms with Gasteiger partial charge in [-0.05, 0) is 18.7 Å². The number of aliphatic carboxylic acids is 2. The molecule has 1 aliphatic rings. The van der Waals surface area contributed by atoms with Gasteiger partial charge in [0.05, 0.1) is 6.61 Å². The molecule has 0 aromatic carbocycles. The van der Waals surface area contributed by atoms with E-state index in [0.717, 1.165) is 23.5 Å². The van der Waals surface area contributed by atoms with E-state index in [-0.39, 0.29) is 18.1 Å². The molecule has 1 aliphatic heterocycles. The lowest BCUT2D eigenvalue weighted by Crippen LogP contribution is -2.52. The average Bonchev–Trinajstić information content (AvgIpc) is 2.72. The zero-order valence-corrected chi connectivity index (χ0v) is 11.2. The van der Waals surface area contributed by atoms with Crippen LogP contribution in [0.3, 0.4) is 0 Å². The Morgan fingerprint density at radius 3 is 2.61 bits per heavy atom. The number of carboxylic acid groups (broad SMARTS) is 2. The molecule has 0 aromatic heterocycles. The Morgan fingerprint density at radius 2 is 2.17 bits per heavy atom. The Labute approximate surface area is 112 Å². The van der Waals surface area contributed by atoms with Crippen LogP contribution in [0.4, 0.5) is 4.79 Å². The van der Waals surface area contributed by atoms with Crippen molar-refractivity contribution in [2.45, 2.75) is 17.8 Å². The molecule has 1 fully saturated rings. The van der Waals surface area contributed by atoms with Crippen molar-refractivity contribution >= 4 is 40.8 Å². The molecular formula is C9H13NO6S2. The summed E-state index contributed by atoms with van der Waals surface area (Å²) in [6.07, 6.45) is 0. The van der Waals surface area contributed by atoms with E-state index in [1.54, 1.807) is 6.92 Å². The van der Waals surface area contributed by atoms with Crippen LogP contribution in [0.1, 0.15) is 6.92 Å². The highest BCUT2D eigenvalue weighted by molar-refractivity contribution is 8.14. The fraction of sp³-hybridized carbons (Fsp3) is 0.667. The summed E-state index contributed by atoms with van der Waals surface area (Å²) in [5.74, 6) is -2.24. The Bertz CT molecular complexity index is 363. The Morgan fingerprint density at radius 1 is 1.50 bits per heavy atom. The molecule has 9 heteroatoms. The minimum Gasteiger partial charge on any atom is -0.480 e. The second-order valence-corrected chi connectivity index (χ2v) is 5.68. The SMILES string of the molecule is CCOC(=O)SCC1(C(=O)O)NC(C(=O)O)CS1. The molecule has 2 unspecified atom stereocenters. The fourth-order valence-corrected chi connectivity index (χ4v) is 3.58. The number of ether oxygens (including phenoxy) is 1. The predicted octanol–water partition coefficient (Wildman–Crippen LogP) is 0.447. The minimum atomic E-state index is -1.46. The molecule has 18 heavy (non-hydrogen) atoms. The largest absolute Gasteiger partial charge is 0.480 e. The number of carbonyl (C=O) groups is 3. The number of hydrogen-bond acceptors (Lipinski definition) is 7. The Hall–Kier alpha value is -0.930. The van der Waals surface area contributed by atoms with Gasteiger partial charge < -0.3 is 14.9 Å². The Balaban J connectivity index is 2.64. The summed E-state index contributed by atoms with van der Waals surface area (Å²) in [4.78, 5) is 31.7. The van der Waals surface area contributed by atoms with E-state index in [9.17, 15) is 14.4 Å². The van der Waals surface area contributed by atoms with Crippen LogP contribution in [0.5, 0.6) is 0 Å². The van der Waals surface area contributed by atoms with Crippen molar-refractivity contribution < 1.29 is 29.3 Å². The van der Waals surface area contributed by atoms with Gasteiger partial charge in [0.15, 0.2) is 4.87 Å². The van der Waals surface area contributed by atoms with Gasteiger partial charge >= 0.3 is 17.2 Å². The summed E-state index contributed by atoms with van der Waals surface area (Å²) in [6.45, 7) is 1.86. The minimum absolute atomic E-state index is 0.0877. The maximum absolute atomic E-state index is 11.2. The van der Waals surface area contributed by atoms with Crippen molar-refractivity contribution in [3.05, 3.63) is 0 Å². The molecule has 0 aliphatic carbocycles. The second-order valence-electron chi connectivity index (χ2n) is 3.45. The molecule has 1 saturated heterocycles. The number of thioether (sulfide) groups is 2. The lowest BCUT2D eigenvalue weighted by Gasteiger charge is -2.22. The number of nitrogens with one attached hydrogen (secondary N) is 1. The molecule has 0 bridgehead atoms. The quantitative estimate of drug-likeness (QED) is 0.622. The molecule has 0 saturated carbocycles. The van der Waals surface area contributed by atoms with Crippen molar-refractivity contribution in [3.63, 3.8) is 0 Å². The van der Waals surface area contributed by atoms with Crippen LogP contribution in [0.25, 0.3) is 0 Å². The summed E-state index contributed by atoms with van der Waals surface area (Å²) < 4.78 is 4.68. The first-order valence-electron chi connectivity index (χ1n) is 5.08. The number of carbonyl (C=O) groups excluding carboxylic acids is 1. The van der Waals surface area contributed by atoms with Crippen LogP contribution in [0.15, 0.2) is 0 Å². The van der Waals surface area contributed by atoms with E-state index in [4.69, 9.17) is 10.2 Å². The van der Waals surface area contributed by atoms with E-state index in [1.165, 1.54) is 0 Å². The molecule has 2 atom stereocenters.